The molecule has 2 aliphatic carbocycles. The van der Waals surface area contributed by atoms with Gasteiger partial charge in [-0.15, -0.1) is 45.3 Å². The smallest absolute Gasteiger partial charge is 0.0500 e. The Morgan fingerprint density at radius 2 is 1.40 bits per heavy atom. The number of fused-ring (bicyclic) bond motifs is 11. The molecule has 1 aromatic carbocycles. The van der Waals surface area contributed by atoms with Crippen LogP contribution in [0.3, 0.4) is 0 Å². The molecule has 30 heavy (non-hydrogen) atoms. The molecule has 7 rings (SSSR count). The maximum absolute atomic E-state index is 2.45. The molecule has 0 spiro atoms. The second-order valence-corrected chi connectivity index (χ2v) is 14.5. The molecule has 2 aliphatic rings. The summed E-state index contributed by atoms with van der Waals surface area (Å²) < 4.78 is 4.51. The van der Waals surface area contributed by atoms with Gasteiger partial charge in [0.15, 0.2) is 0 Å². The molecular formula is C26H22S4. The van der Waals surface area contributed by atoms with Crippen molar-refractivity contribution in [2.75, 3.05) is 0 Å². The molecule has 0 atom stereocenters. The fourth-order valence-corrected chi connectivity index (χ4v) is 11.8. The lowest BCUT2D eigenvalue weighted by atomic mass is 9.79. The number of thiophene rings is 4. The van der Waals surface area contributed by atoms with Gasteiger partial charge in [0.2, 0.25) is 0 Å². The Labute approximate surface area is 192 Å². The van der Waals surface area contributed by atoms with Crippen molar-refractivity contribution in [2.24, 2.45) is 0 Å². The largest absolute Gasteiger partial charge is 0.139 e. The average molecular weight is 463 g/mol. The van der Waals surface area contributed by atoms with E-state index in [9.17, 15) is 0 Å². The Kier molecular flexibility index (Phi) is 3.20. The molecule has 0 bridgehead atoms. The summed E-state index contributed by atoms with van der Waals surface area (Å²) in [5, 5.41) is 1.49. The molecule has 150 valence electrons. The van der Waals surface area contributed by atoms with Gasteiger partial charge in [0, 0.05) is 44.6 Å². The van der Waals surface area contributed by atoms with Crippen LogP contribution in [0.5, 0.6) is 0 Å². The Bertz CT molecular complexity index is 1560. The molecule has 4 aromatic heterocycles. The topological polar surface area (TPSA) is 0 Å². The molecule has 5 aromatic rings. The van der Waals surface area contributed by atoms with Gasteiger partial charge in [-0.25, -0.2) is 0 Å². The maximum atomic E-state index is 2.45. The van der Waals surface area contributed by atoms with Crippen molar-refractivity contribution < 1.29 is 0 Å². The Morgan fingerprint density at radius 1 is 0.633 bits per heavy atom. The van der Waals surface area contributed by atoms with Crippen LogP contribution in [-0.2, 0) is 10.8 Å². The molecule has 0 aliphatic heterocycles. The summed E-state index contributed by atoms with van der Waals surface area (Å²) in [6.07, 6.45) is 0. The maximum Gasteiger partial charge on any atom is 0.0500 e. The van der Waals surface area contributed by atoms with Crippen LogP contribution in [0, 0.1) is 13.8 Å². The van der Waals surface area contributed by atoms with E-state index in [0.717, 1.165) is 0 Å². The zero-order chi connectivity index (χ0) is 20.7. The van der Waals surface area contributed by atoms with Gasteiger partial charge >= 0.3 is 0 Å². The first-order chi connectivity index (χ1) is 14.2. The quantitative estimate of drug-likeness (QED) is 0.215. The second kappa shape index (κ2) is 5.29. The lowest BCUT2D eigenvalue weighted by Crippen LogP contribution is -2.16. The number of hydrogen-bond donors (Lipinski definition) is 0. The molecular weight excluding hydrogens is 441 g/mol. The van der Waals surface area contributed by atoms with Gasteiger partial charge in [-0.05, 0) is 59.2 Å². The third kappa shape index (κ3) is 1.90. The molecule has 4 heteroatoms. The first kappa shape index (κ1) is 18.1. The number of rotatable bonds is 0. The molecule has 0 nitrogen and oxygen atoms in total. The highest BCUT2D eigenvalue weighted by molar-refractivity contribution is 7.30. The van der Waals surface area contributed by atoms with E-state index in [1.54, 1.807) is 16.7 Å². The van der Waals surface area contributed by atoms with Gasteiger partial charge in [-0.3, -0.25) is 0 Å². The normalized spacial score (nSPS) is 17.5. The van der Waals surface area contributed by atoms with E-state index >= 15 is 0 Å². The van der Waals surface area contributed by atoms with Gasteiger partial charge in [0.25, 0.3) is 0 Å². The summed E-state index contributed by atoms with van der Waals surface area (Å²) in [7, 11) is 0. The minimum absolute atomic E-state index is 0.0522. The van der Waals surface area contributed by atoms with E-state index in [1.807, 2.05) is 34.0 Å². The molecule has 0 radical (unpaired) electrons. The third-order valence-electron chi connectivity index (χ3n) is 7.20. The van der Waals surface area contributed by atoms with Crippen LogP contribution < -0.4 is 0 Å². The first-order valence-electron chi connectivity index (χ1n) is 10.4. The van der Waals surface area contributed by atoms with Crippen molar-refractivity contribution in [1.82, 2.24) is 0 Å². The van der Waals surface area contributed by atoms with Crippen molar-refractivity contribution in [3.8, 4) is 20.2 Å². The van der Waals surface area contributed by atoms with Crippen LogP contribution in [0.2, 0.25) is 0 Å². The standard InChI is InChI=1S/C26H22S4/c1-11-9-15-22(27-11)24-18(25(15,3)4)14-8-7-13-17(20(14)30-24)26(5,6)19-21(13)29-16-10-12(2)28-23(16)19/h7-10H,1-6H3. The van der Waals surface area contributed by atoms with Crippen molar-refractivity contribution in [3.63, 3.8) is 0 Å². The summed E-state index contributed by atoms with van der Waals surface area (Å²) in [6, 6.07) is 9.65. The Balaban J connectivity index is 1.59. The predicted octanol–water partition coefficient (Wildman–Crippen LogP) is 9.47. The van der Waals surface area contributed by atoms with Crippen LogP contribution in [0.1, 0.15) is 59.7 Å². The summed E-state index contributed by atoms with van der Waals surface area (Å²) >= 11 is 8.01. The van der Waals surface area contributed by atoms with Gasteiger partial charge in [-0.2, -0.15) is 0 Å². The van der Waals surface area contributed by atoms with Gasteiger partial charge in [-0.1, -0.05) is 39.8 Å². The highest BCUT2D eigenvalue weighted by atomic mass is 32.1. The second-order valence-electron chi connectivity index (χ2n) is 9.88. The van der Waals surface area contributed by atoms with Gasteiger partial charge in [0.1, 0.15) is 0 Å². The van der Waals surface area contributed by atoms with Crippen molar-refractivity contribution in [1.29, 1.82) is 0 Å². The lowest BCUT2D eigenvalue weighted by molar-refractivity contribution is 0.666. The minimum Gasteiger partial charge on any atom is -0.139 e. The number of aryl methyl sites for hydroxylation is 2. The average Bonchev–Trinajstić information content (AvgIpc) is 3.42. The van der Waals surface area contributed by atoms with Crippen molar-refractivity contribution >= 4 is 64.8 Å². The highest BCUT2D eigenvalue weighted by Crippen LogP contribution is 2.63. The molecule has 0 N–H and O–H groups in total. The molecule has 0 saturated carbocycles. The number of hydrogen-bond acceptors (Lipinski definition) is 4. The Morgan fingerprint density at radius 3 is 2.20 bits per heavy atom. The fraction of sp³-hybridized carbons (Fsp3) is 0.308. The van der Waals surface area contributed by atoms with E-state index < -0.39 is 0 Å². The predicted molar refractivity (Wildman–Crippen MR) is 138 cm³/mol. The van der Waals surface area contributed by atoms with Crippen molar-refractivity contribution in [2.45, 2.75) is 52.4 Å². The zero-order valence-corrected chi connectivity index (χ0v) is 21.2. The molecule has 0 fully saturated rings. The van der Waals surface area contributed by atoms with Crippen LogP contribution in [0.4, 0.5) is 0 Å². The van der Waals surface area contributed by atoms with Crippen molar-refractivity contribution in [3.05, 3.63) is 56.3 Å². The summed E-state index contributed by atoms with van der Waals surface area (Å²) in [6.45, 7) is 14.2. The summed E-state index contributed by atoms with van der Waals surface area (Å²) in [5.41, 5.74) is 7.86. The zero-order valence-electron chi connectivity index (χ0n) is 17.9. The molecule has 0 unspecified atom stereocenters. The monoisotopic (exact) mass is 462 g/mol. The van der Waals surface area contributed by atoms with Crippen LogP contribution in [0.15, 0.2) is 24.3 Å². The SMILES string of the molecule is Cc1cc2c(s1)-c1sc3c4c(ccc3c1C2(C)C)-c1sc2cc(C)sc2c1C4(C)C. The van der Waals surface area contributed by atoms with E-state index in [-0.39, 0.29) is 10.8 Å². The van der Waals surface area contributed by atoms with Crippen LogP contribution in [-0.4, -0.2) is 0 Å². The van der Waals surface area contributed by atoms with Gasteiger partial charge in [0.05, 0.1) is 4.70 Å². The van der Waals surface area contributed by atoms with Crippen LogP contribution >= 0.6 is 45.3 Å². The molecule has 0 amide bonds. The number of benzene rings is 1. The van der Waals surface area contributed by atoms with E-state index in [0.29, 0.717) is 0 Å². The third-order valence-corrected chi connectivity index (χ3v) is 12.0. The Hall–Kier alpha value is -1.46. The van der Waals surface area contributed by atoms with Gasteiger partial charge < -0.3 is 0 Å². The van der Waals surface area contributed by atoms with E-state index in [4.69, 9.17) is 0 Å². The summed E-state index contributed by atoms with van der Waals surface area (Å²) in [5.74, 6) is 0. The highest BCUT2D eigenvalue weighted by Gasteiger charge is 2.45. The van der Waals surface area contributed by atoms with E-state index in [2.05, 4.69) is 77.1 Å². The first-order valence-corrected chi connectivity index (χ1v) is 13.7. The molecule has 0 saturated heterocycles. The van der Waals surface area contributed by atoms with E-state index in [1.165, 1.54) is 55.0 Å². The van der Waals surface area contributed by atoms with Crippen LogP contribution in [0.25, 0.3) is 39.7 Å². The minimum atomic E-state index is 0.0522. The fourth-order valence-electron chi connectivity index (χ4n) is 5.92. The molecule has 4 heterocycles. The lowest BCUT2D eigenvalue weighted by Gasteiger charge is -2.23. The summed E-state index contributed by atoms with van der Waals surface area (Å²) in [4.78, 5) is 7.41.